The Bertz CT molecular complexity index is 1560. The highest BCUT2D eigenvalue weighted by atomic mass is 32.1. The van der Waals surface area contributed by atoms with Crippen LogP contribution in [0.15, 0.2) is 66.3 Å². The summed E-state index contributed by atoms with van der Waals surface area (Å²) in [5, 5.41) is 18.9. The van der Waals surface area contributed by atoms with Crippen molar-refractivity contribution in [1.82, 2.24) is 26.1 Å². The number of hydrogen-bond acceptors (Lipinski definition) is 12. The second-order valence-electron chi connectivity index (χ2n) is 13.7. The zero-order valence-corrected chi connectivity index (χ0v) is 30.1. The van der Waals surface area contributed by atoms with Crippen molar-refractivity contribution in [2.75, 3.05) is 26.9 Å². The maximum atomic E-state index is 13.7. The van der Waals surface area contributed by atoms with Crippen LogP contribution in [0.4, 0.5) is 9.59 Å². The number of aliphatic hydroxyl groups excluding tert-OH is 1. The third kappa shape index (κ3) is 11.1. The predicted octanol–water partition coefficient (Wildman–Crippen LogP) is 3.79. The minimum atomic E-state index is -1.19. The van der Waals surface area contributed by atoms with Crippen LogP contribution < -0.4 is 20.8 Å². The van der Waals surface area contributed by atoms with E-state index in [4.69, 9.17) is 23.7 Å². The monoisotopic (exact) mass is 725 g/mol. The van der Waals surface area contributed by atoms with Crippen LogP contribution in [-0.2, 0) is 43.3 Å². The van der Waals surface area contributed by atoms with Gasteiger partial charge in [0.05, 0.1) is 48.8 Å². The fourth-order valence-corrected chi connectivity index (χ4v) is 6.48. The third-order valence-corrected chi connectivity index (χ3v) is 9.48. The summed E-state index contributed by atoms with van der Waals surface area (Å²) < 4.78 is 27.6. The van der Waals surface area contributed by atoms with Crippen molar-refractivity contribution in [2.24, 2.45) is 11.3 Å². The molecule has 276 valence electrons. The first-order valence-corrected chi connectivity index (χ1v) is 17.8. The molecule has 2 aliphatic heterocycles. The molecule has 0 spiro atoms. The molecule has 0 radical (unpaired) electrons. The molecule has 6 unspecified atom stereocenters. The first-order valence-electron chi connectivity index (χ1n) is 16.9. The first-order chi connectivity index (χ1) is 24.5. The molecule has 3 aromatic rings. The molecule has 2 aromatic carbocycles. The largest absolute Gasteiger partial charge is 0.488 e. The van der Waals surface area contributed by atoms with Gasteiger partial charge < -0.3 is 39.4 Å². The molecule has 0 saturated carbocycles. The zero-order valence-electron chi connectivity index (χ0n) is 29.3. The van der Waals surface area contributed by atoms with Gasteiger partial charge in [-0.1, -0.05) is 63.2 Å². The van der Waals surface area contributed by atoms with Crippen molar-refractivity contribution in [2.45, 2.75) is 77.3 Å². The van der Waals surface area contributed by atoms with Crippen LogP contribution >= 0.6 is 11.3 Å². The third-order valence-electron chi connectivity index (χ3n) is 8.72. The molecule has 2 aliphatic rings. The molecule has 3 heterocycles. The molecule has 51 heavy (non-hydrogen) atoms. The van der Waals surface area contributed by atoms with E-state index < -0.39 is 47.8 Å². The summed E-state index contributed by atoms with van der Waals surface area (Å²) >= 11 is 1.51. The Hall–Kier alpha value is -4.28. The quantitative estimate of drug-likeness (QED) is 0.168. The fourth-order valence-electron chi connectivity index (χ4n) is 5.98. The molecule has 1 aromatic heterocycles. The van der Waals surface area contributed by atoms with Gasteiger partial charge in [-0.15, -0.1) is 11.3 Å². The number of nitrogens with one attached hydrogen (secondary N) is 3. The summed E-state index contributed by atoms with van der Waals surface area (Å²) in [6.45, 7) is 6.76. The van der Waals surface area contributed by atoms with Crippen LogP contribution in [-0.4, -0.2) is 90.6 Å². The maximum absolute atomic E-state index is 13.7. The number of amides is 3. The van der Waals surface area contributed by atoms with E-state index in [0.29, 0.717) is 19.0 Å². The Morgan fingerprint density at radius 2 is 1.80 bits per heavy atom. The number of thiazole rings is 1. The standard InChI is InChI=1S/C36H47N5O9S/c1-36(2,3)31(39-34(44)46-4)32(43)40-41(18-24-8-6-5-7-9-24)19-29(42)28(38-35(45)50-30-21-49-33-27(30)14-15-47-33)16-23-10-12-25(13-11-23)48-20-26-17-37-22-51-26/h5-13,17,22,27-31,33,42H,14-16,18-21H2,1-4H3,(H,38,45)(H,39,44)(H,40,43). The zero-order chi connectivity index (χ0) is 36.4. The summed E-state index contributed by atoms with van der Waals surface area (Å²) in [6.07, 6.45) is -0.769. The first kappa shape index (κ1) is 38.0. The van der Waals surface area contributed by atoms with Crippen molar-refractivity contribution >= 4 is 29.4 Å². The van der Waals surface area contributed by atoms with Crippen LogP contribution in [0.3, 0.4) is 0 Å². The number of carbonyl (C=O) groups is 3. The number of aliphatic hydroxyl groups is 1. The number of hydrazine groups is 1. The number of nitrogens with zero attached hydrogens (tertiary/aromatic N) is 2. The number of hydrogen-bond donors (Lipinski definition) is 4. The van der Waals surface area contributed by atoms with E-state index >= 15 is 0 Å². The van der Waals surface area contributed by atoms with Crippen LogP contribution in [0.5, 0.6) is 5.75 Å². The van der Waals surface area contributed by atoms with E-state index in [9.17, 15) is 19.5 Å². The summed E-state index contributed by atoms with van der Waals surface area (Å²) in [7, 11) is 1.23. The molecule has 15 heteroatoms. The highest BCUT2D eigenvalue weighted by Crippen LogP contribution is 2.33. The minimum Gasteiger partial charge on any atom is -0.488 e. The number of carbonyl (C=O) groups excluding carboxylic acids is 3. The molecular formula is C36H47N5O9S. The second-order valence-corrected chi connectivity index (χ2v) is 14.6. The van der Waals surface area contributed by atoms with Gasteiger partial charge in [0.15, 0.2) is 6.29 Å². The van der Waals surface area contributed by atoms with Crippen LogP contribution in [0, 0.1) is 11.3 Å². The number of aromatic nitrogens is 1. The van der Waals surface area contributed by atoms with Crippen molar-refractivity contribution in [3.8, 4) is 5.75 Å². The molecule has 14 nitrogen and oxygen atoms in total. The summed E-state index contributed by atoms with van der Waals surface area (Å²) in [5.41, 5.74) is 5.66. The number of benzene rings is 2. The smallest absolute Gasteiger partial charge is 0.407 e. The Morgan fingerprint density at radius 1 is 1.04 bits per heavy atom. The summed E-state index contributed by atoms with van der Waals surface area (Å²) in [5.74, 6) is 0.114. The van der Waals surface area contributed by atoms with Gasteiger partial charge in [0.25, 0.3) is 5.91 Å². The van der Waals surface area contributed by atoms with Gasteiger partial charge in [-0.2, -0.15) is 0 Å². The van der Waals surface area contributed by atoms with E-state index in [0.717, 1.165) is 22.4 Å². The summed E-state index contributed by atoms with van der Waals surface area (Å²) in [4.78, 5) is 44.2. The molecule has 4 N–H and O–H groups in total. The Morgan fingerprint density at radius 3 is 2.49 bits per heavy atom. The second kappa shape index (κ2) is 17.8. The van der Waals surface area contributed by atoms with Crippen molar-refractivity contribution in [1.29, 1.82) is 0 Å². The molecule has 5 rings (SSSR count). The number of fused-ring (bicyclic) bond motifs is 1. The van der Waals surface area contributed by atoms with E-state index in [1.807, 2.05) is 75.4 Å². The van der Waals surface area contributed by atoms with E-state index in [1.165, 1.54) is 18.4 Å². The molecule has 2 fully saturated rings. The van der Waals surface area contributed by atoms with E-state index in [1.54, 1.807) is 16.7 Å². The Kier molecular flexibility index (Phi) is 13.2. The average molecular weight is 726 g/mol. The van der Waals surface area contributed by atoms with Crippen LogP contribution in [0.2, 0.25) is 0 Å². The molecule has 2 saturated heterocycles. The molecular weight excluding hydrogens is 678 g/mol. The highest BCUT2D eigenvalue weighted by molar-refractivity contribution is 7.09. The number of alkyl carbamates (subject to hydrolysis) is 2. The van der Waals surface area contributed by atoms with Crippen LogP contribution in [0.1, 0.15) is 43.2 Å². The lowest BCUT2D eigenvalue weighted by Gasteiger charge is -2.34. The van der Waals surface area contributed by atoms with Gasteiger partial charge in [-0.25, -0.2) is 14.6 Å². The van der Waals surface area contributed by atoms with Gasteiger partial charge in [0.1, 0.15) is 24.5 Å². The Labute approximate surface area is 301 Å². The summed E-state index contributed by atoms with van der Waals surface area (Å²) in [6, 6.07) is 15.0. The lowest BCUT2D eigenvalue weighted by Crippen LogP contribution is -2.59. The molecule has 0 bridgehead atoms. The number of ether oxygens (including phenoxy) is 5. The van der Waals surface area contributed by atoms with Gasteiger partial charge in [0, 0.05) is 19.3 Å². The van der Waals surface area contributed by atoms with Gasteiger partial charge in [-0.3, -0.25) is 15.2 Å². The van der Waals surface area contributed by atoms with E-state index in [-0.39, 0.29) is 38.3 Å². The highest BCUT2D eigenvalue weighted by Gasteiger charge is 2.44. The van der Waals surface area contributed by atoms with Gasteiger partial charge in [-0.05, 0) is 41.5 Å². The van der Waals surface area contributed by atoms with Gasteiger partial charge >= 0.3 is 12.2 Å². The van der Waals surface area contributed by atoms with Crippen molar-refractivity contribution in [3.05, 3.63) is 82.3 Å². The molecule has 0 aliphatic carbocycles. The minimum absolute atomic E-state index is 0.0532. The van der Waals surface area contributed by atoms with Crippen molar-refractivity contribution in [3.63, 3.8) is 0 Å². The maximum Gasteiger partial charge on any atom is 0.407 e. The lowest BCUT2D eigenvalue weighted by molar-refractivity contribution is -0.131. The Balaban J connectivity index is 1.32. The fraction of sp³-hybridized carbons (Fsp3) is 0.500. The van der Waals surface area contributed by atoms with E-state index in [2.05, 4.69) is 21.0 Å². The number of rotatable bonds is 15. The lowest BCUT2D eigenvalue weighted by atomic mass is 9.86. The average Bonchev–Trinajstić information content (AvgIpc) is 3.87. The molecule has 3 amide bonds. The SMILES string of the molecule is COC(=O)NC(C(=O)NN(Cc1ccccc1)CC(O)C(Cc1ccc(OCc2cncs2)cc1)NC(=O)OC1COC2OCCC12)C(C)(C)C. The predicted molar refractivity (Wildman–Crippen MR) is 187 cm³/mol. The molecule has 6 atom stereocenters. The van der Waals surface area contributed by atoms with Crippen molar-refractivity contribution < 1.29 is 43.2 Å². The number of methoxy groups -OCH3 is 1. The van der Waals surface area contributed by atoms with Crippen LogP contribution in [0.25, 0.3) is 0 Å². The topological polar surface area (TPSA) is 170 Å². The normalized spacial score (nSPS) is 20.2. The van der Waals surface area contributed by atoms with Gasteiger partial charge in [0.2, 0.25) is 0 Å².